The molecule has 0 amide bonds. The maximum Gasteiger partial charge on any atom is 0.582 e. The van der Waals surface area contributed by atoms with Gasteiger partial charge in [-0.3, -0.25) is 23.4 Å². The first-order valence-corrected chi connectivity index (χ1v) is 18.2. The quantitative estimate of drug-likeness (QED) is 0.0899. The van der Waals surface area contributed by atoms with Crippen molar-refractivity contribution in [3.63, 3.8) is 0 Å². The number of aliphatic hydroxyl groups is 1. The van der Waals surface area contributed by atoms with Gasteiger partial charge in [-0.1, -0.05) is 0 Å². The van der Waals surface area contributed by atoms with Gasteiger partial charge in [-0.2, -0.15) is 4.98 Å². The summed E-state index contributed by atoms with van der Waals surface area (Å²) < 4.78 is 65.1. The van der Waals surface area contributed by atoms with Crippen LogP contribution in [0.4, 0.5) is 16.2 Å². The van der Waals surface area contributed by atoms with Crippen molar-refractivity contribution in [3.8, 4) is 0 Å². The first-order chi connectivity index (χ1) is 21.9. The molecule has 7 heterocycles. The molecular weight excluding hydrogens is 697 g/mol. The van der Waals surface area contributed by atoms with Crippen molar-refractivity contribution in [3.05, 3.63) is 29.3 Å². The highest BCUT2D eigenvalue weighted by atomic mass is 32.7. The topological polar surface area (TPSA) is 272 Å². The van der Waals surface area contributed by atoms with Crippen molar-refractivity contribution in [1.29, 1.82) is 0 Å². The molecule has 0 aromatic carbocycles. The fourth-order valence-corrected chi connectivity index (χ4v) is 7.95. The molecular formula is C21H24FN10O10P2S2+. The molecule has 25 heteroatoms. The number of hydrogen-bond acceptors (Lipinski definition) is 17. The molecule has 0 aliphatic carbocycles. The second-order valence-electron chi connectivity index (χ2n) is 10.5. The third kappa shape index (κ3) is 5.29. The summed E-state index contributed by atoms with van der Waals surface area (Å²) in [5.41, 5.74) is 9.84. The number of aromatic nitrogens is 8. The lowest BCUT2D eigenvalue weighted by molar-refractivity contribution is -0.183. The highest BCUT2D eigenvalue weighted by Gasteiger charge is 2.66. The summed E-state index contributed by atoms with van der Waals surface area (Å²) in [7, 11) is -2.47. The number of halogens is 1. The SMILES string of the molecule is Nc1nc2c(ncn2[C@@H]2O[C@H](CO)[C@@H](F)[C@H]2OP(O)(=S)OC[C@]23CO[C@H](C2O[P+](=O)S)[C@H](n2cnc4c(N)ncnc42)O3)c(=O)[nH]1. The summed E-state index contributed by atoms with van der Waals surface area (Å²) in [6.07, 6.45) is -5.58. The highest BCUT2D eigenvalue weighted by Crippen LogP contribution is 2.55. The first kappa shape index (κ1) is 31.8. The van der Waals surface area contributed by atoms with Gasteiger partial charge >= 0.3 is 13.9 Å². The van der Waals surface area contributed by atoms with Gasteiger partial charge in [0.2, 0.25) is 5.95 Å². The van der Waals surface area contributed by atoms with E-state index < -0.39 is 81.4 Å². The van der Waals surface area contributed by atoms with Gasteiger partial charge < -0.3 is 40.2 Å². The maximum absolute atomic E-state index is 15.6. The van der Waals surface area contributed by atoms with Gasteiger partial charge in [0.25, 0.3) is 5.56 Å². The molecule has 46 heavy (non-hydrogen) atoms. The molecule has 2 bridgehead atoms. The van der Waals surface area contributed by atoms with Crippen molar-refractivity contribution in [2.75, 3.05) is 31.3 Å². The van der Waals surface area contributed by atoms with Gasteiger partial charge in [0.1, 0.15) is 42.4 Å². The number of fused-ring (bicyclic) bond motifs is 4. The summed E-state index contributed by atoms with van der Waals surface area (Å²) in [4.78, 5) is 46.1. The van der Waals surface area contributed by atoms with Gasteiger partial charge in [-0.05, 0) is 16.4 Å². The minimum atomic E-state index is -4.36. The van der Waals surface area contributed by atoms with Crippen molar-refractivity contribution < 1.29 is 46.7 Å². The number of ether oxygens (including phenoxy) is 3. The number of alkyl halides is 1. The fourth-order valence-electron chi connectivity index (χ4n) is 5.71. The number of aromatic amines is 1. The second kappa shape index (κ2) is 11.7. The van der Waals surface area contributed by atoms with Crippen LogP contribution in [0.3, 0.4) is 0 Å². The Balaban J connectivity index is 1.14. The van der Waals surface area contributed by atoms with Crippen molar-refractivity contribution in [1.82, 2.24) is 39.0 Å². The lowest BCUT2D eigenvalue weighted by Gasteiger charge is -2.32. The molecule has 0 spiro atoms. The van der Waals surface area contributed by atoms with Gasteiger partial charge in [0.05, 0.1) is 32.5 Å². The molecule has 3 aliphatic heterocycles. The second-order valence-corrected chi connectivity index (χ2v) is 14.9. The molecule has 246 valence electrons. The van der Waals surface area contributed by atoms with E-state index in [1.54, 1.807) is 0 Å². The van der Waals surface area contributed by atoms with Crippen LogP contribution in [0, 0.1) is 0 Å². The maximum atomic E-state index is 15.6. The Labute approximate surface area is 266 Å². The Morgan fingerprint density at radius 3 is 2.70 bits per heavy atom. The Kier molecular flexibility index (Phi) is 8.10. The van der Waals surface area contributed by atoms with Crippen LogP contribution < -0.4 is 17.0 Å². The molecule has 3 saturated heterocycles. The third-order valence-electron chi connectivity index (χ3n) is 7.73. The van der Waals surface area contributed by atoms with Crippen molar-refractivity contribution >= 4 is 72.1 Å². The summed E-state index contributed by atoms with van der Waals surface area (Å²) >= 11 is 9.13. The summed E-state index contributed by atoms with van der Waals surface area (Å²) in [5.74, 6) is -0.111. The Bertz CT molecular complexity index is 1950. The van der Waals surface area contributed by atoms with Gasteiger partial charge in [0, 0.05) is 0 Å². The van der Waals surface area contributed by atoms with Gasteiger partial charge in [-0.15, -0.1) is 4.52 Å². The zero-order valence-corrected chi connectivity index (χ0v) is 26.5. The molecule has 10 atom stereocenters. The minimum absolute atomic E-state index is 0.0730. The van der Waals surface area contributed by atoms with E-state index in [0.717, 1.165) is 6.33 Å². The van der Waals surface area contributed by atoms with E-state index >= 15 is 4.39 Å². The number of nitrogen functional groups attached to an aromatic ring is 2. The molecule has 4 aromatic rings. The number of anilines is 2. The van der Waals surface area contributed by atoms with E-state index in [9.17, 15) is 19.4 Å². The average Bonchev–Trinajstić information content (AvgIpc) is 3.81. The zero-order chi connectivity index (χ0) is 32.5. The number of imidazole rings is 2. The van der Waals surface area contributed by atoms with E-state index in [1.165, 1.54) is 21.8 Å². The molecule has 3 aliphatic rings. The minimum Gasteiger partial charge on any atom is -0.394 e. The number of thiol groups is 1. The van der Waals surface area contributed by atoms with Crippen LogP contribution in [-0.2, 0) is 44.2 Å². The number of H-pyrrole nitrogens is 1. The molecule has 0 saturated carbocycles. The molecule has 7 N–H and O–H groups in total. The number of nitrogens with zero attached hydrogens (tertiary/aromatic N) is 7. The monoisotopic (exact) mass is 721 g/mol. The van der Waals surface area contributed by atoms with E-state index in [1.807, 2.05) is 0 Å². The first-order valence-electron chi connectivity index (χ1n) is 13.2. The molecule has 0 radical (unpaired) electrons. The standard InChI is InChI=1S/C21H23FN10O10P2S2/c22-8-7(1-33)39-18(32-6-28-10-16(32)29-20(24)30-17(10)34)11(8)42-44(36,46)38-3-21-2-37-12(13(21)41-43(35)45)19(40-21)31-5-27-9-14(23)25-4-26-15(9)31/h4-8,11-13,18-19,33H,1-3H2,(H6-,23,24,25,26,29,30,34,35,36,45,46)/p+1/t7-,8-,11-,12-,13?,18-,19-,21-,44?/m1/s1. The van der Waals surface area contributed by atoms with Crippen LogP contribution in [0.25, 0.3) is 22.3 Å². The number of rotatable bonds is 10. The van der Waals surface area contributed by atoms with Gasteiger partial charge in [0.15, 0.2) is 53.0 Å². The van der Waals surface area contributed by atoms with Crippen molar-refractivity contribution in [2.24, 2.45) is 0 Å². The lowest BCUT2D eigenvalue weighted by atomic mass is 10.0. The molecule has 7 rings (SSSR count). The van der Waals surface area contributed by atoms with Crippen LogP contribution in [0.5, 0.6) is 0 Å². The summed E-state index contributed by atoms with van der Waals surface area (Å²) in [5, 5.41) is 9.73. The smallest absolute Gasteiger partial charge is 0.394 e. The number of aliphatic hydroxyl groups excluding tert-OH is 1. The van der Waals surface area contributed by atoms with E-state index in [-0.39, 0.29) is 29.5 Å². The van der Waals surface area contributed by atoms with Crippen LogP contribution in [0.2, 0.25) is 0 Å². The number of nitrogens with one attached hydrogen (secondary N) is 1. The largest absolute Gasteiger partial charge is 0.582 e. The number of nitrogens with two attached hydrogens (primary N) is 2. The summed E-state index contributed by atoms with van der Waals surface area (Å²) in [6, 6.07) is 0. The average molecular weight is 722 g/mol. The third-order valence-corrected chi connectivity index (χ3v) is 9.96. The zero-order valence-electron chi connectivity index (χ0n) is 23.0. The predicted molar refractivity (Wildman–Crippen MR) is 160 cm³/mol. The molecule has 3 unspecified atom stereocenters. The van der Waals surface area contributed by atoms with Crippen LogP contribution in [-0.4, -0.2) is 105 Å². The molecule has 20 nitrogen and oxygen atoms in total. The normalized spacial score (nSPS) is 32.4. The van der Waals surface area contributed by atoms with Gasteiger partial charge in [-0.25, -0.2) is 24.3 Å². The fraction of sp³-hybridized carbons (Fsp3) is 0.524. The Hall–Kier alpha value is -2.79. The molecule has 4 aromatic heterocycles. The van der Waals surface area contributed by atoms with Crippen LogP contribution >= 0.6 is 26.2 Å². The summed E-state index contributed by atoms with van der Waals surface area (Å²) in [6.45, 7) is -5.80. The molecule has 3 fully saturated rings. The van der Waals surface area contributed by atoms with Crippen molar-refractivity contribution in [2.45, 2.75) is 48.6 Å². The van der Waals surface area contributed by atoms with Crippen LogP contribution in [0.1, 0.15) is 12.5 Å². The highest BCUT2D eigenvalue weighted by molar-refractivity contribution is 8.39. The Morgan fingerprint density at radius 1 is 1.22 bits per heavy atom. The Morgan fingerprint density at radius 2 is 1.96 bits per heavy atom. The van der Waals surface area contributed by atoms with E-state index in [0.29, 0.717) is 11.2 Å². The van der Waals surface area contributed by atoms with E-state index in [2.05, 4.69) is 42.2 Å². The lowest BCUT2D eigenvalue weighted by Crippen LogP contribution is -2.45. The number of hydrogen-bond donors (Lipinski definition) is 6. The van der Waals surface area contributed by atoms with Crippen LogP contribution in [0.15, 0.2) is 23.8 Å². The van der Waals surface area contributed by atoms with E-state index in [4.69, 9.17) is 51.1 Å². The predicted octanol–water partition coefficient (Wildman–Crippen LogP) is -0.391.